The number of piperazine rings is 1. The molecule has 22 heavy (non-hydrogen) atoms. The minimum absolute atomic E-state index is 0.828. The van der Waals surface area contributed by atoms with E-state index in [0.717, 1.165) is 48.0 Å². The molecule has 1 aromatic carbocycles. The van der Waals surface area contributed by atoms with Crippen LogP contribution in [0, 0.1) is 6.92 Å². The van der Waals surface area contributed by atoms with Crippen molar-refractivity contribution in [2.24, 2.45) is 0 Å². The number of anilines is 3. The molecule has 0 saturated carbocycles. The molecule has 0 bridgehead atoms. The second-order valence-electron chi connectivity index (χ2n) is 5.64. The van der Waals surface area contributed by atoms with Crippen molar-refractivity contribution in [2.45, 2.75) is 6.92 Å². The smallest absolute Gasteiger partial charge is 0.135 e. The summed E-state index contributed by atoms with van der Waals surface area (Å²) in [5.41, 5.74) is 2.24. The second-order valence-corrected chi connectivity index (χ2v) is 6.55. The molecule has 2 aromatic rings. The molecule has 1 aliphatic rings. The topological polar surface area (TPSA) is 44.3 Å². The fourth-order valence-electron chi connectivity index (χ4n) is 2.53. The molecule has 0 radical (unpaired) electrons. The lowest BCUT2D eigenvalue weighted by Crippen LogP contribution is -2.44. The number of aromatic nitrogens is 2. The Morgan fingerprint density at radius 1 is 1.09 bits per heavy atom. The highest BCUT2D eigenvalue weighted by atomic mass is 79.9. The van der Waals surface area contributed by atoms with Gasteiger partial charge in [-0.05, 0) is 37.7 Å². The largest absolute Gasteiger partial charge is 0.354 e. The molecule has 1 aromatic heterocycles. The van der Waals surface area contributed by atoms with Gasteiger partial charge in [-0.2, -0.15) is 0 Å². The first-order valence-electron chi connectivity index (χ1n) is 7.40. The van der Waals surface area contributed by atoms with Crippen LogP contribution in [-0.2, 0) is 0 Å². The highest BCUT2D eigenvalue weighted by Gasteiger charge is 2.15. The Bertz CT molecular complexity index is 653. The quantitative estimate of drug-likeness (QED) is 0.909. The van der Waals surface area contributed by atoms with Crippen LogP contribution in [0.5, 0.6) is 0 Å². The van der Waals surface area contributed by atoms with E-state index in [1.54, 1.807) is 6.33 Å². The minimum Gasteiger partial charge on any atom is -0.354 e. The van der Waals surface area contributed by atoms with E-state index in [1.165, 1.54) is 5.56 Å². The lowest BCUT2D eigenvalue weighted by atomic mass is 10.2. The molecule has 0 atom stereocenters. The normalized spacial score (nSPS) is 15.9. The minimum atomic E-state index is 0.828. The zero-order valence-corrected chi connectivity index (χ0v) is 14.5. The third-order valence-electron chi connectivity index (χ3n) is 3.93. The molecule has 1 aliphatic heterocycles. The van der Waals surface area contributed by atoms with Gasteiger partial charge in [0.05, 0.1) is 0 Å². The van der Waals surface area contributed by atoms with Gasteiger partial charge < -0.3 is 15.1 Å². The second kappa shape index (κ2) is 6.62. The van der Waals surface area contributed by atoms with E-state index >= 15 is 0 Å². The Morgan fingerprint density at radius 3 is 2.59 bits per heavy atom. The average molecular weight is 362 g/mol. The van der Waals surface area contributed by atoms with Crippen LogP contribution in [0.25, 0.3) is 0 Å². The third kappa shape index (κ3) is 3.56. The number of aryl methyl sites for hydroxylation is 1. The number of benzene rings is 1. The summed E-state index contributed by atoms with van der Waals surface area (Å²) in [5, 5.41) is 3.38. The summed E-state index contributed by atoms with van der Waals surface area (Å²) in [6.07, 6.45) is 1.63. The van der Waals surface area contributed by atoms with Crippen LogP contribution in [-0.4, -0.2) is 48.1 Å². The molecule has 2 heterocycles. The van der Waals surface area contributed by atoms with E-state index in [2.05, 4.69) is 67.1 Å². The van der Waals surface area contributed by atoms with Gasteiger partial charge in [-0.15, -0.1) is 0 Å². The van der Waals surface area contributed by atoms with E-state index in [4.69, 9.17) is 0 Å². The highest BCUT2D eigenvalue weighted by Crippen LogP contribution is 2.24. The van der Waals surface area contributed by atoms with Crippen molar-refractivity contribution >= 4 is 33.3 Å². The highest BCUT2D eigenvalue weighted by molar-refractivity contribution is 9.10. The monoisotopic (exact) mass is 361 g/mol. The SMILES string of the molecule is Cc1cc(Br)ccc1Nc1cc(N2CCN(C)CC2)ncn1. The van der Waals surface area contributed by atoms with Crippen LogP contribution in [0.1, 0.15) is 5.56 Å². The van der Waals surface area contributed by atoms with Gasteiger partial charge in [-0.3, -0.25) is 0 Å². The summed E-state index contributed by atoms with van der Waals surface area (Å²) >= 11 is 3.49. The van der Waals surface area contributed by atoms with Gasteiger partial charge in [-0.1, -0.05) is 15.9 Å². The molecule has 1 fully saturated rings. The Morgan fingerprint density at radius 2 is 1.86 bits per heavy atom. The number of rotatable bonds is 3. The van der Waals surface area contributed by atoms with E-state index in [9.17, 15) is 0 Å². The van der Waals surface area contributed by atoms with E-state index in [-0.39, 0.29) is 0 Å². The molecule has 0 spiro atoms. The zero-order chi connectivity index (χ0) is 15.5. The van der Waals surface area contributed by atoms with E-state index in [0.29, 0.717) is 0 Å². The Hall–Kier alpha value is -1.66. The molecular weight excluding hydrogens is 342 g/mol. The fraction of sp³-hybridized carbons (Fsp3) is 0.375. The van der Waals surface area contributed by atoms with Gasteiger partial charge in [0.15, 0.2) is 0 Å². The van der Waals surface area contributed by atoms with E-state index in [1.807, 2.05) is 12.1 Å². The molecule has 0 unspecified atom stereocenters. The van der Waals surface area contributed by atoms with Crippen molar-refractivity contribution in [3.8, 4) is 0 Å². The molecule has 6 heteroatoms. The maximum absolute atomic E-state index is 4.42. The predicted octanol–water partition coefficient (Wildman–Crippen LogP) is 3.04. The molecule has 3 rings (SSSR count). The van der Waals surface area contributed by atoms with Gasteiger partial charge in [0.2, 0.25) is 0 Å². The summed E-state index contributed by atoms with van der Waals surface area (Å²) in [5.74, 6) is 1.81. The van der Waals surface area contributed by atoms with Crippen LogP contribution in [0.4, 0.5) is 17.3 Å². The van der Waals surface area contributed by atoms with Crippen LogP contribution in [0.3, 0.4) is 0 Å². The molecule has 0 amide bonds. The fourth-order valence-corrected chi connectivity index (χ4v) is 3.00. The van der Waals surface area contributed by atoms with Gasteiger partial charge in [0.1, 0.15) is 18.0 Å². The molecule has 1 N–H and O–H groups in total. The van der Waals surface area contributed by atoms with Crippen LogP contribution in [0.2, 0.25) is 0 Å². The number of halogens is 1. The number of hydrogen-bond donors (Lipinski definition) is 1. The Balaban J connectivity index is 1.76. The number of nitrogens with zero attached hydrogens (tertiary/aromatic N) is 4. The average Bonchev–Trinajstić information content (AvgIpc) is 2.51. The Kier molecular flexibility index (Phi) is 4.59. The Labute approximate surface area is 139 Å². The van der Waals surface area contributed by atoms with Gasteiger partial charge in [0, 0.05) is 42.4 Å². The predicted molar refractivity (Wildman–Crippen MR) is 93.9 cm³/mol. The molecule has 0 aliphatic carbocycles. The number of nitrogens with one attached hydrogen (secondary N) is 1. The van der Waals surface area contributed by atoms with Crippen molar-refractivity contribution in [1.29, 1.82) is 0 Å². The van der Waals surface area contributed by atoms with Crippen molar-refractivity contribution in [3.05, 3.63) is 40.6 Å². The number of hydrogen-bond acceptors (Lipinski definition) is 5. The lowest BCUT2D eigenvalue weighted by molar-refractivity contribution is 0.312. The summed E-state index contributed by atoms with van der Waals surface area (Å²) in [4.78, 5) is 13.4. The standard InChI is InChI=1S/C16H20BrN5/c1-12-9-13(17)3-4-14(12)20-15-10-16(19-11-18-15)22-7-5-21(2)6-8-22/h3-4,9-11H,5-8H2,1-2H3,(H,18,19,20). The summed E-state index contributed by atoms with van der Waals surface area (Å²) in [7, 11) is 2.15. The van der Waals surface area contributed by atoms with Crippen molar-refractivity contribution in [1.82, 2.24) is 14.9 Å². The summed E-state index contributed by atoms with van der Waals surface area (Å²) in [6, 6.07) is 8.19. The first-order chi connectivity index (χ1) is 10.6. The van der Waals surface area contributed by atoms with Crippen LogP contribution >= 0.6 is 15.9 Å². The first kappa shape index (κ1) is 15.2. The zero-order valence-electron chi connectivity index (χ0n) is 12.9. The van der Waals surface area contributed by atoms with Crippen LogP contribution < -0.4 is 10.2 Å². The molecular formula is C16H20BrN5. The van der Waals surface area contributed by atoms with Crippen LogP contribution in [0.15, 0.2) is 35.1 Å². The summed E-state index contributed by atoms with van der Waals surface area (Å²) < 4.78 is 1.08. The van der Waals surface area contributed by atoms with Gasteiger partial charge in [-0.25, -0.2) is 9.97 Å². The lowest BCUT2D eigenvalue weighted by Gasteiger charge is -2.33. The maximum Gasteiger partial charge on any atom is 0.135 e. The van der Waals surface area contributed by atoms with Gasteiger partial charge >= 0.3 is 0 Å². The first-order valence-corrected chi connectivity index (χ1v) is 8.20. The van der Waals surface area contributed by atoms with Gasteiger partial charge in [0.25, 0.3) is 0 Å². The molecule has 5 nitrogen and oxygen atoms in total. The molecule has 1 saturated heterocycles. The maximum atomic E-state index is 4.42. The van der Waals surface area contributed by atoms with Crippen molar-refractivity contribution < 1.29 is 0 Å². The molecule has 116 valence electrons. The van der Waals surface area contributed by atoms with Crippen molar-refractivity contribution in [3.63, 3.8) is 0 Å². The van der Waals surface area contributed by atoms with E-state index < -0.39 is 0 Å². The summed E-state index contributed by atoms with van der Waals surface area (Å²) in [6.45, 7) is 6.22. The van der Waals surface area contributed by atoms with Crippen molar-refractivity contribution in [2.75, 3.05) is 43.4 Å². The third-order valence-corrected chi connectivity index (χ3v) is 4.42. The number of likely N-dealkylation sites (N-methyl/N-ethyl adjacent to an activating group) is 1.